The smallest absolute Gasteiger partial charge is 0.407 e. The van der Waals surface area contributed by atoms with Gasteiger partial charge in [-0.1, -0.05) is 30.3 Å². The summed E-state index contributed by atoms with van der Waals surface area (Å²) in [6, 6.07) is 9.59. The molecule has 162 valence electrons. The fourth-order valence-electron chi connectivity index (χ4n) is 4.81. The standard InChI is InChI=1S/C23H30N2O5/c1-2-29-19(27)23(14-15-23)24-18(26)21-8-11-22(12-9-21,13-10-21)25-20(28)30-16-17-6-4-3-5-7-17/h3-7H,2,8-16H2,1H3,(H,24,26)(H,25,28). The zero-order valence-corrected chi connectivity index (χ0v) is 17.5. The Kier molecular flexibility index (Phi) is 5.47. The monoisotopic (exact) mass is 414 g/mol. The van der Waals surface area contributed by atoms with Crippen LogP contribution in [-0.4, -0.2) is 35.7 Å². The molecule has 5 rings (SSSR count). The van der Waals surface area contributed by atoms with Gasteiger partial charge in [-0.3, -0.25) is 4.79 Å². The minimum absolute atomic E-state index is 0.0343. The van der Waals surface area contributed by atoms with Gasteiger partial charge in [0.2, 0.25) is 5.91 Å². The van der Waals surface area contributed by atoms with E-state index >= 15 is 0 Å². The fraction of sp³-hybridized carbons (Fsp3) is 0.609. The molecule has 1 aromatic carbocycles. The molecule has 4 aliphatic carbocycles. The van der Waals surface area contributed by atoms with Crippen molar-refractivity contribution < 1.29 is 23.9 Å². The van der Waals surface area contributed by atoms with Gasteiger partial charge in [-0.15, -0.1) is 0 Å². The third-order valence-corrected chi connectivity index (χ3v) is 7.08. The molecule has 2 amide bonds. The van der Waals surface area contributed by atoms with Crippen LogP contribution in [0.4, 0.5) is 4.79 Å². The minimum atomic E-state index is -0.812. The van der Waals surface area contributed by atoms with Crippen LogP contribution in [0.3, 0.4) is 0 Å². The molecule has 0 spiro atoms. The Morgan fingerprint density at radius 2 is 1.50 bits per heavy atom. The van der Waals surface area contributed by atoms with Crippen molar-refractivity contribution in [2.45, 2.75) is 76.0 Å². The van der Waals surface area contributed by atoms with Crippen LogP contribution in [0.5, 0.6) is 0 Å². The van der Waals surface area contributed by atoms with Crippen molar-refractivity contribution in [3.8, 4) is 0 Å². The van der Waals surface area contributed by atoms with Crippen molar-refractivity contribution in [1.29, 1.82) is 0 Å². The molecular formula is C23H30N2O5. The number of carbonyl (C=O) groups excluding carboxylic acids is 3. The number of carbonyl (C=O) groups is 3. The van der Waals surface area contributed by atoms with Crippen LogP contribution in [-0.2, 0) is 25.7 Å². The highest BCUT2D eigenvalue weighted by molar-refractivity contribution is 5.93. The summed E-state index contributed by atoms with van der Waals surface area (Å²) < 4.78 is 10.5. The Labute approximate surface area is 176 Å². The van der Waals surface area contributed by atoms with Gasteiger partial charge >= 0.3 is 12.1 Å². The van der Waals surface area contributed by atoms with Crippen LogP contribution in [0.15, 0.2) is 30.3 Å². The molecule has 2 N–H and O–H groups in total. The van der Waals surface area contributed by atoms with Gasteiger partial charge < -0.3 is 20.1 Å². The molecule has 7 heteroatoms. The Hall–Kier alpha value is -2.57. The summed E-state index contributed by atoms with van der Waals surface area (Å²) in [6.45, 7) is 2.33. The van der Waals surface area contributed by atoms with Gasteiger partial charge in [-0.2, -0.15) is 0 Å². The molecule has 1 aromatic rings. The zero-order valence-electron chi connectivity index (χ0n) is 17.5. The second-order valence-electron chi connectivity index (χ2n) is 9.00. The van der Waals surface area contributed by atoms with Crippen molar-refractivity contribution in [2.24, 2.45) is 5.41 Å². The number of nitrogens with one attached hydrogen (secondary N) is 2. The predicted molar refractivity (Wildman–Crippen MR) is 109 cm³/mol. The number of hydrogen-bond donors (Lipinski definition) is 2. The van der Waals surface area contributed by atoms with Gasteiger partial charge in [-0.25, -0.2) is 9.59 Å². The Bertz CT molecular complexity index is 794. The molecule has 7 nitrogen and oxygen atoms in total. The highest BCUT2D eigenvalue weighted by Gasteiger charge is 2.58. The molecule has 0 radical (unpaired) electrons. The van der Waals surface area contributed by atoms with Gasteiger partial charge in [0.25, 0.3) is 0 Å². The van der Waals surface area contributed by atoms with Gasteiger partial charge in [0.15, 0.2) is 0 Å². The van der Waals surface area contributed by atoms with Crippen molar-refractivity contribution in [1.82, 2.24) is 10.6 Å². The normalized spacial score (nSPS) is 28.3. The van der Waals surface area contributed by atoms with Gasteiger partial charge in [-0.05, 0) is 63.9 Å². The molecule has 4 fully saturated rings. The van der Waals surface area contributed by atoms with Crippen LogP contribution in [0.25, 0.3) is 0 Å². The van der Waals surface area contributed by atoms with E-state index in [-0.39, 0.29) is 24.0 Å². The van der Waals surface area contributed by atoms with E-state index in [1.807, 2.05) is 30.3 Å². The number of benzene rings is 1. The zero-order chi connectivity index (χ0) is 21.2. The molecule has 30 heavy (non-hydrogen) atoms. The number of hydrogen-bond acceptors (Lipinski definition) is 5. The Morgan fingerprint density at radius 1 is 0.867 bits per heavy atom. The summed E-state index contributed by atoms with van der Waals surface area (Å²) in [6.07, 6.45) is 5.23. The summed E-state index contributed by atoms with van der Waals surface area (Å²) in [7, 11) is 0. The van der Waals surface area contributed by atoms with E-state index in [1.165, 1.54) is 0 Å². The molecule has 2 bridgehead atoms. The summed E-state index contributed by atoms with van der Waals surface area (Å²) in [4.78, 5) is 37.6. The lowest BCUT2D eigenvalue weighted by molar-refractivity contribution is -0.152. The molecular weight excluding hydrogens is 384 g/mol. The van der Waals surface area contributed by atoms with Crippen LogP contribution in [0.1, 0.15) is 63.9 Å². The van der Waals surface area contributed by atoms with Crippen molar-refractivity contribution in [3.63, 3.8) is 0 Å². The molecule has 0 unspecified atom stereocenters. The fourth-order valence-corrected chi connectivity index (χ4v) is 4.81. The first kappa shape index (κ1) is 20.7. The van der Waals surface area contributed by atoms with E-state index in [2.05, 4.69) is 10.6 Å². The SMILES string of the molecule is CCOC(=O)C1(NC(=O)C23CCC(NC(=O)OCc4ccccc4)(CC2)CC3)CC1. The van der Waals surface area contributed by atoms with Crippen molar-refractivity contribution in [3.05, 3.63) is 35.9 Å². The second-order valence-corrected chi connectivity index (χ2v) is 9.00. The van der Waals surface area contributed by atoms with E-state index in [4.69, 9.17) is 9.47 Å². The summed E-state index contributed by atoms with van der Waals surface area (Å²) in [5, 5.41) is 6.08. The van der Waals surface area contributed by atoms with E-state index in [9.17, 15) is 14.4 Å². The topological polar surface area (TPSA) is 93.7 Å². The van der Waals surface area contributed by atoms with Crippen molar-refractivity contribution >= 4 is 18.0 Å². The van der Waals surface area contributed by atoms with E-state index in [0.29, 0.717) is 38.7 Å². The third kappa shape index (κ3) is 4.02. The first-order valence-corrected chi connectivity index (χ1v) is 10.9. The lowest BCUT2D eigenvalue weighted by atomic mass is 9.57. The molecule has 0 aliphatic heterocycles. The summed E-state index contributed by atoms with van der Waals surface area (Å²) >= 11 is 0. The first-order valence-electron chi connectivity index (χ1n) is 10.9. The number of fused-ring (bicyclic) bond motifs is 3. The maximum Gasteiger partial charge on any atom is 0.407 e. The maximum atomic E-state index is 13.1. The lowest BCUT2D eigenvalue weighted by Crippen LogP contribution is -2.61. The lowest BCUT2D eigenvalue weighted by Gasteiger charge is -2.52. The highest BCUT2D eigenvalue weighted by Crippen LogP contribution is 2.53. The molecule has 0 atom stereocenters. The van der Waals surface area contributed by atoms with Crippen molar-refractivity contribution in [2.75, 3.05) is 6.61 Å². The molecule has 4 saturated carbocycles. The van der Waals surface area contributed by atoms with Gasteiger partial charge in [0.1, 0.15) is 12.1 Å². The molecule has 0 aromatic heterocycles. The molecule has 0 heterocycles. The Balaban J connectivity index is 1.30. The number of alkyl carbamates (subject to hydrolysis) is 1. The minimum Gasteiger partial charge on any atom is -0.464 e. The summed E-state index contributed by atoms with van der Waals surface area (Å²) in [5.41, 5.74) is -0.607. The van der Waals surface area contributed by atoms with Crippen LogP contribution in [0, 0.1) is 5.41 Å². The number of esters is 1. The average molecular weight is 415 g/mol. The molecule has 0 saturated heterocycles. The van der Waals surface area contributed by atoms with E-state index in [0.717, 1.165) is 24.8 Å². The van der Waals surface area contributed by atoms with Crippen LogP contribution in [0.2, 0.25) is 0 Å². The van der Waals surface area contributed by atoms with Crippen LogP contribution < -0.4 is 10.6 Å². The Morgan fingerprint density at radius 3 is 2.07 bits per heavy atom. The summed E-state index contributed by atoms with van der Waals surface area (Å²) in [5.74, 6) is -0.355. The van der Waals surface area contributed by atoms with E-state index in [1.54, 1.807) is 6.92 Å². The van der Waals surface area contributed by atoms with Crippen LogP contribution >= 0.6 is 0 Å². The highest BCUT2D eigenvalue weighted by atomic mass is 16.5. The average Bonchev–Trinajstić information content (AvgIpc) is 3.55. The largest absolute Gasteiger partial charge is 0.464 e. The number of amides is 2. The first-order chi connectivity index (χ1) is 14.4. The third-order valence-electron chi connectivity index (χ3n) is 7.08. The number of rotatable bonds is 7. The van der Waals surface area contributed by atoms with E-state index < -0.39 is 17.0 Å². The van der Waals surface area contributed by atoms with Gasteiger partial charge in [0.05, 0.1) is 6.61 Å². The van der Waals surface area contributed by atoms with Gasteiger partial charge in [0, 0.05) is 11.0 Å². The molecule has 4 aliphatic rings. The maximum absolute atomic E-state index is 13.1. The quantitative estimate of drug-likeness (QED) is 0.668. The second kappa shape index (κ2) is 7.93. The number of ether oxygens (including phenoxy) is 2. The predicted octanol–water partition coefficient (Wildman–Crippen LogP) is 3.22.